The molecule has 4 aromatic rings. The zero-order valence-corrected chi connectivity index (χ0v) is 17.0. The molecule has 0 aliphatic rings. The molecule has 3 nitrogen and oxygen atoms in total. The molecule has 0 saturated carbocycles. The molecule has 29 heavy (non-hydrogen) atoms. The first kappa shape index (κ1) is 19.5. The summed E-state index contributed by atoms with van der Waals surface area (Å²) in [5, 5.41) is 3.12. The normalized spacial score (nSPS) is 12.6. The van der Waals surface area contributed by atoms with Crippen LogP contribution in [0.4, 0.5) is 4.39 Å². The molecule has 0 aliphatic heterocycles. The van der Waals surface area contributed by atoms with Gasteiger partial charge in [0.1, 0.15) is 6.61 Å². The molecular weight excluding hydrogens is 363 g/mol. The van der Waals surface area contributed by atoms with E-state index in [1.54, 1.807) is 0 Å². The number of aromatic nitrogens is 1. The Labute approximate surface area is 170 Å². The van der Waals surface area contributed by atoms with Gasteiger partial charge in [0, 0.05) is 18.1 Å². The van der Waals surface area contributed by atoms with Crippen molar-refractivity contribution in [3.05, 3.63) is 77.7 Å². The molecule has 0 amide bonds. The minimum absolute atomic E-state index is 0.123. The summed E-state index contributed by atoms with van der Waals surface area (Å²) in [6.45, 7) is 5.91. The Hall–Kier alpha value is -2.85. The maximum absolute atomic E-state index is 14.9. The topological polar surface area (TPSA) is 40.2 Å². The second kappa shape index (κ2) is 8.26. The Morgan fingerprint density at radius 1 is 1.07 bits per heavy atom. The number of hydrogen-bond acceptors (Lipinski definition) is 2. The summed E-state index contributed by atoms with van der Waals surface area (Å²) in [7, 11) is 0. The zero-order valence-electron chi connectivity index (χ0n) is 17.0. The SMILES string of the molecule is CCCn1cc(C(C)CN)c2c(OCc3cccc4ccccc34)c(F)ccc21. The Kier molecular flexibility index (Phi) is 5.54. The van der Waals surface area contributed by atoms with Crippen molar-refractivity contribution in [2.24, 2.45) is 5.73 Å². The van der Waals surface area contributed by atoms with Gasteiger partial charge >= 0.3 is 0 Å². The number of nitrogens with zero attached hydrogens (tertiary/aromatic N) is 1. The predicted octanol–water partition coefficient (Wildman–Crippen LogP) is 5.98. The summed E-state index contributed by atoms with van der Waals surface area (Å²) in [6, 6.07) is 17.7. The largest absolute Gasteiger partial charge is 0.485 e. The second-order valence-electron chi connectivity index (χ2n) is 7.61. The van der Waals surface area contributed by atoms with Crippen LogP contribution in [-0.4, -0.2) is 11.1 Å². The summed E-state index contributed by atoms with van der Waals surface area (Å²) in [5.41, 5.74) is 9.03. The highest BCUT2D eigenvalue weighted by Gasteiger charge is 2.20. The summed E-state index contributed by atoms with van der Waals surface area (Å²) < 4.78 is 23.2. The Balaban J connectivity index is 1.79. The molecule has 2 N–H and O–H groups in total. The third-order valence-corrected chi connectivity index (χ3v) is 5.58. The lowest BCUT2D eigenvalue weighted by Gasteiger charge is -2.14. The van der Waals surface area contributed by atoms with E-state index in [0.29, 0.717) is 18.9 Å². The van der Waals surface area contributed by atoms with Crippen LogP contribution in [0.5, 0.6) is 5.75 Å². The molecule has 3 aromatic carbocycles. The van der Waals surface area contributed by atoms with Gasteiger partial charge in [-0.2, -0.15) is 0 Å². The lowest BCUT2D eigenvalue weighted by molar-refractivity contribution is 0.295. The Morgan fingerprint density at radius 3 is 2.66 bits per heavy atom. The molecule has 4 rings (SSSR count). The molecular formula is C25H27FN2O. The van der Waals surface area contributed by atoms with E-state index in [1.807, 2.05) is 30.3 Å². The molecule has 4 heteroatoms. The average Bonchev–Trinajstić information content (AvgIpc) is 3.11. The first-order chi connectivity index (χ1) is 14.1. The van der Waals surface area contributed by atoms with E-state index in [1.165, 1.54) is 6.07 Å². The number of fused-ring (bicyclic) bond motifs is 2. The Morgan fingerprint density at radius 2 is 1.86 bits per heavy atom. The van der Waals surface area contributed by atoms with Crippen molar-refractivity contribution in [2.75, 3.05) is 6.54 Å². The van der Waals surface area contributed by atoms with E-state index in [2.05, 4.69) is 42.8 Å². The van der Waals surface area contributed by atoms with Crippen molar-refractivity contribution in [2.45, 2.75) is 39.3 Å². The first-order valence-corrected chi connectivity index (χ1v) is 10.2. The minimum Gasteiger partial charge on any atom is -0.485 e. The smallest absolute Gasteiger partial charge is 0.165 e. The van der Waals surface area contributed by atoms with Crippen LogP contribution in [0, 0.1) is 5.82 Å². The van der Waals surface area contributed by atoms with Crippen LogP contribution in [0.2, 0.25) is 0 Å². The average molecular weight is 391 g/mol. The van der Waals surface area contributed by atoms with Gasteiger partial charge in [-0.1, -0.05) is 56.3 Å². The second-order valence-corrected chi connectivity index (χ2v) is 7.61. The minimum atomic E-state index is -0.336. The van der Waals surface area contributed by atoms with Crippen molar-refractivity contribution < 1.29 is 9.13 Å². The molecule has 0 aliphatic carbocycles. The van der Waals surface area contributed by atoms with Gasteiger partial charge in [-0.15, -0.1) is 0 Å². The number of rotatable bonds is 7. The van der Waals surface area contributed by atoms with Gasteiger partial charge in [0.05, 0.1) is 5.52 Å². The standard InChI is InChI=1S/C25H27FN2O/c1-3-13-28-15-21(17(2)14-27)24-23(28)12-11-22(26)25(24)29-16-19-9-6-8-18-7-4-5-10-20(18)19/h4-12,15,17H,3,13-14,16,27H2,1-2H3. The summed E-state index contributed by atoms with van der Waals surface area (Å²) in [5.74, 6) is 0.107. The van der Waals surface area contributed by atoms with Gasteiger partial charge in [0.25, 0.3) is 0 Å². The van der Waals surface area contributed by atoms with E-state index in [-0.39, 0.29) is 11.7 Å². The molecule has 150 valence electrons. The molecule has 1 heterocycles. The van der Waals surface area contributed by atoms with Crippen LogP contribution < -0.4 is 10.5 Å². The maximum atomic E-state index is 14.9. The molecule has 1 atom stereocenters. The van der Waals surface area contributed by atoms with E-state index in [4.69, 9.17) is 10.5 Å². The van der Waals surface area contributed by atoms with E-state index in [9.17, 15) is 4.39 Å². The van der Waals surface area contributed by atoms with E-state index >= 15 is 0 Å². The summed E-state index contributed by atoms with van der Waals surface area (Å²) in [6.07, 6.45) is 3.11. The summed E-state index contributed by atoms with van der Waals surface area (Å²) in [4.78, 5) is 0. The molecule has 0 saturated heterocycles. The molecule has 1 aromatic heterocycles. The quantitative estimate of drug-likeness (QED) is 0.421. The van der Waals surface area contributed by atoms with Crippen LogP contribution in [0.15, 0.2) is 60.8 Å². The first-order valence-electron chi connectivity index (χ1n) is 10.2. The lowest BCUT2D eigenvalue weighted by atomic mass is 10.00. The number of benzene rings is 3. The van der Waals surface area contributed by atoms with Crippen molar-refractivity contribution in [3.8, 4) is 5.75 Å². The van der Waals surface area contributed by atoms with Crippen LogP contribution >= 0.6 is 0 Å². The van der Waals surface area contributed by atoms with Crippen LogP contribution in [-0.2, 0) is 13.2 Å². The van der Waals surface area contributed by atoms with Crippen LogP contribution in [0.25, 0.3) is 21.7 Å². The maximum Gasteiger partial charge on any atom is 0.165 e. The number of nitrogens with two attached hydrogens (primary N) is 1. The van der Waals surface area contributed by atoms with Crippen molar-refractivity contribution in [1.82, 2.24) is 4.57 Å². The van der Waals surface area contributed by atoms with Crippen LogP contribution in [0.1, 0.15) is 37.3 Å². The monoisotopic (exact) mass is 390 g/mol. The molecule has 0 bridgehead atoms. The van der Waals surface area contributed by atoms with E-state index < -0.39 is 0 Å². The van der Waals surface area contributed by atoms with Gasteiger partial charge < -0.3 is 15.0 Å². The molecule has 0 fully saturated rings. The number of halogens is 1. The molecule has 0 spiro atoms. The highest BCUT2D eigenvalue weighted by Crippen LogP contribution is 2.37. The van der Waals surface area contributed by atoms with Gasteiger partial charge in [0.15, 0.2) is 11.6 Å². The number of aryl methyl sites for hydroxylation is 1. The fourth-order valence-corrected chi connectivity index (χ4v) is 4.00. The zero-order chi connectivity index (χ0) is 20.4. The highest BCUT2D eigenvalue weighted by molar-refractivity contribution is 5.91. The summed E-state index contributed by atoms with van der Waals surface area (Å²) >= 11 is 0. The van der Waals surface area contributed by atoms with Gasteiger partial charge in [0.2, 0.25) is 0 Å². The third-order valence-electron chi connectivity index (χ3n) is 5.58. The van der Waals surface area contributed by atoms with E-state index in [0.717, 1.165) is 45.8 Å². The number of ether oxygens (including phenoxy) is 1. The third kappa shape index (κ3) is 3.60. The van der Waals surface area contributed by atoms with Crippen molar-refractivity contribution in [3.63, 3.8) is 0 Å². The fraction of sp³-hybridized carbons (Fsp3) is 0.280. The molecule has 0 radical (unpaired) electrons. The molecule has 1 unspecified atom stereocenters. The number of hydrogen-bond donors (Lipinski definition) is 1. The predicted molar refractivity (Wildman–Crippen MR) is 118 cm³/mol. The van der Waals surface area contributed by atoms with Crippen molar-refractivity contribution in [1.29, 1.82) is 0 Å². The highest BCUT2D eigenvalue weighted by atomic mass is 19.1. The van der Waals surface area contributed by atoms with Gasteiger partial charge in [-0.05, 0) is 52.9 Å². The van der Waals surface area contributed by atoms with Gasteiger partial charge in [-0.3, -0.25) is 0 Å². The van der Waals surface area contributed by atoms with Gasteiger partial charge in [-0.25, -0.2) is 4.39 Å². The van der Waals surface area contributed by atoms with Crippen LogP contribution in [0.3, 0.4) is 0 Å². The van der Waals surface area contributed by atoms with Crippen molar-refractivity contribution >= 4 is 21.7 Å². The Bertz CT molecular complexity index is 1140. The fourth-order valence-electron chi connectivity index (χ4n) is 4.00. The lowest BCUT2D eigenvalue weighted by Crippen LogP contribution is -2.09.